The number of ether oxygens (including phenoxy) is 1. The second kappa shape index (κ2) is 5.51. The summed E-state index contributed by atoms with van der Waals surface area (Å²) >= 11 is 0. The van der Waals surface area contributed by atoms with Crippen molar-refractivity contribution in [3.05, 3.63) is 24.3 Å². The number of hydrogen-bond acceptors (Lipinski definition) is 3. The second-order valence-corrected chi connectivity index (χ2v) is 3.86. The molecule has 4 nitrogen and oxygen atoms in total. The highest BCUT2D eigenvalue weighted by molar-refractivity contribution is 5.93. The molecule has 0 heterocycles. The molecule has 1 amide bonds. The van der Waals surface area contributed by atoms with Gasteiger partial charge < -0.3 is 15.2 Å². The van der Waals surface area contributed by atoms with E-state index >= 15 is 0 Å². The molecule has 0 fully saturated rings. The van der Waals surface area contributed by atoms with Gasteiger partial charge in [0.25, 0.3) is 5.91 Å². The number of carbonyl (C=O) groups excluding carboxylic acids is 1. The van der Waals surface area contributed by atoms with Crippen LogP contribution in [0.25, 0.3) is 0 Å². The second-order valence-electron chi connectivity index (χ2n) is 3.86. The van der Waals surface area contributed by atoms with E-state index in [2.05, 4.69) is 5.32 Å². The molecule has 0 aliphatic heterocycles. The molecular weight excluding hydrogens is 206 g/mol. The zero-order valence-electron chi connectivity index (χ0n) is 9.73. The van der Waals surface area contributed by atoms with Gasteiger partial charge in [-0.3, -0.25) is 4.79 Å². The molecule has 0 saturated heterocycles. The molecule has 0 unspecified atom stereocenters. The van der Waals surface area contributed by atoms with Crippen LogP contribution in [0.15, 0.2) is 24.3 Å². The number of hydrogen-bond donors (Lipinski definition) is 2. The molecule has 0 aliphatic rings. The minimum absolute atomic E-state index is 0.123. The van der Waals surface area contributed by atoms with Gasteiger partial charge in [-0.25, -0.2) is 0 Å². The fourth-order valence-electron chi connectivity index (χ4n) is 1.14. The molecule has 0 aromatic heterocycles. The third-order valence-corrected chi connectivity index (χ3v) is 1.87. The monoisotopic (exact) mass is 223 g/mol. The van der Waals surface area contributed by atoms with Crippen LogP contribution in [-0.2, 0) is 4.79 Å². The van der Waals surface area contributed by atoms with Crippen molar-refractivity contribution >= 4 is 11.6 Å². The summed E-state index contributed by atoms with van der Waals surface area (Å²) in [5.74, 6) is 0.336. The standard InChI is InChI=1S/C12H17NO3/c1-8(2)16-11-6-4-10(5-7-11)13-12(15)9(3)14/h4-9,14H,1-3H3,(H,13,15)/t9-/m0/s1. The topological polar surface area (TPSA) is 58.6 Å². The summed E-state index contributed by atoms with van der Waals surface area (Å²) in [7, 11) is 0. The van der Waals surface area contributed by atoms with Gasteiger partial charge in [0.15, 0.2) is 0 Å². The van der Waals surface area contributed by atoms with E-state index in [1.54, 1.807) is 24.3 Å². The Hall–Kier alpha value is -1.55. The van der Waals surface area contributed by atoms with E-state index < -0.39 is 12.0 Å². The molecule has 0 saturated carbocycles. The number of benzene rings is 1. The van der Waals surface area contributed by atoms with Crippen molar-refractivity contribution in [2.24, 2.45) is 0 Å². The van der Waals surface area contributed by atoms with Crippen molar-refractivity contribution in [2.45, 2.75) is 33.0 Å². The van der Waals surface area contributed by atoms with E-state index in [1.807, 2.05) is 13.8 Å². The summed E-state index contributed by atoms with van der Waals surface area (Å²) in [4.78, 5) is 11.2. The lowest BCUT2D eigenvalue weighted by Gasteiger charge is -2.11. The molecule has 4 heteroatoms. The first-order valence-electron chi connectivity index (χ1n) is 5.24. The average Bonchev–Trinajstić information content (AvgIpc) is 2.20. The molecule has 88 valence electrons. The first-order chi connectivity index (χ1) is 7.49. The van der Waals surface area contributed by atoms with Gasteiger partial charge in [0, 0.05) is 5.69 Å². The highest BCUT2D eigenvalue weighted by atomic mass is 16.5. The van der Waals surface area contributed by atoms with Crippen LogP contribution >= 0.6 is 0 Å². The molecule has 1 rings (SSSR count). The maximum absolute atomic E-state index is 11.2. The summed E-state index contributed by atoms with van der Waals surface area (Å²) in [5, 5.41) is 11.6. The largest absolute Gasteiger partial charge is 0.491 e. The summed E-state index contributed by atoms with van der Waals surface area (Å²) in [6.07, 6.45) is -0.885. The molecule has 1 aromatic rings. The summed E-state index contributed by atoms with van der Waals surface area (Å²) in [6, 6.07) is 7.02. The van der Waals surface area contributed by atoms with Gasteiger partial charge >= 0.3 is 0 Å². The molecule has 16 heavy (non-hydrogen) atoms. The Morgan fingerprint density at radius 1 is 1.25 bits per heavy atom. The number of rotatable bonds is 4. The first-order valence-corrected chi connectivity index (χ1v) is 5.24. The van der Waals surface area contributed by atoms with Crippen molar-refractivity contribution in [3.63, 3.8) is 0 Å². The Morgan fingerprint density at radius 2 is 1.81 bits per heavy atom. The number of carbonyl (C=O) groups is 1. The Bertz CT molecular complexity index is 344. The van der Waals surface area contributed by atoms with Gasteiger partial charge in [0.1, 0.15) is 11.9 Å². The number of nitrogens with one attached hydrogen (secondary N) is 1. The molecule has 1 aromatic carbocycles. The van der Waals surface area contributed by atoms with Crippen molar-refractivity contribution < 1.29 is 14.6 Å². The minimum Gasteiger partial charge on any atom is -0.491 e. The zero-order valence-corrected chi connectivity index (χ0v) is 9.73. The molecule has 0 radical (unpaired) electrons. The minimum atomic E-state index is -1.01. The third-order valence-electron chi connectivity index (χ3n) is 1.87. The van der Waals surface area contributed by atoms with E-state index in [-0.39, 0.29) is 6.10 Å². The summed E-state index contributed by atoms with van der Waals surface area (Å²) in [5.41, 5.74) is 0.641. The van der Waals surface area contributed by atoms with E-state index in [4.69, 9.17) is 9.84 Å². The normalized spacial score (nSPS) is 12.3. The Labute approximate surface area is 95.2 Å². The van der Waals surface area contributed by atoms with Crippen molar-refractivity contribution in [1.29, 1.82) is 0 Å². The van der Waals surface area contributed by atoms with E-state index in [0.29, 0.717) is 5.69 Å². The van der Waals surface area contributed by atoms with Crippen LogP contribution in [0.1, 0.15) is 20.8 Å². The van der Waals surface area contributed by atoms with Crippen LogP contribution in [0.4, 0.5) is 5.69 Å². The van der Waals surface area contributed by atoms with E-state index in [1.165, 1.54) is 6.92 Å². The highest BCUT2D eigenvalue weighted by Gasteiger charge is 2.08. The predicted octanol–water partition coefficient (Wildman–Crippen LogP) is 1.79. The van der Waals surface area contributed by atoms with Crippen molar-refractivity contribution in [2.75, 3.05) is 5.32 Å². The lowest BCUT2D eigenvalue weighted by molar-refractivity contribution is -0.123. The fraction of sp³-hybridized carbons (Fsp3) is 0.417. The quantitative estimate of drug-likeness (QED) is 0.818. The number of aliphatic hydroxyl groups excluding tert-OH is 1. The maximum atomic E-state index is 11.2. The average molecular weight is 223 g/mol. The van der Waals surface area contributed by atoms with E-state index in [9.17, 15) is 4.79 Å². The maximum Gasteiger partial charge on any atom is 0.252 e. The first kappa shape index (κ1) is 12.5. The molecule has 1 atom stereocenters. The van der Waals surface area contributed by atoms with Crippen LogP contribution in [0.5, 0.6) is 5.75 Å². The Morgan fingerprint density at radius 3 is 2.25 bits per heavy atom. The molecule has 2 N–H and O–H groups in total. The number of aliphatic hydroxyl groups is 1. The fourth-order valence-corrected chi connectivity index (χ4v) is 1.14. The van der Waals surface area contributed by atoms with Crippen LogP contribution < -0.4 is 10.1 Å². The molecule has 0 aliphatic carbocycles. The van der Waals surface area contributed by atoms with Gasteiger partial charge in [-0.1, -0.05) is 0 Å². The van der Waals surface area contributed by atoms with Gasteiger partial charge in [-0.15, -0.1) is 0 Å². The summed E-state index contributed by atoms with van der Waals surface area (Å²) in [6.45, 7) is 5.32. The van der Waals surface area contributed by atoms with Crippen LogP contribution in [0.2, 0.25) is 0 Å². The van der Waals surface area contributed by atoms with Crippen LogP contribution in [-0.4, -0.2) is 23.2 Å². The van der Waals surface area contributed by atoms with Crippen molar-refractivity contribution in [3.8, 4) is 5.75 Å². The SMILES string of the molecule is CC(C)Oc1ccc(NC(=O)[C@H](C)O)cc1. The predicted molar refractivity (Wildman–Crippen MR) is 62.5 cm³/mol. The molecular formula is C12H17NO3. The number of amides is 1. The molecule has 0 spiro atoms. The zero-order chi connectivity index (χ0) is 12.1. The van der Waals surface area contributed by atoms with Crippen LogP contribution in [0, 0.1) is 0 Å². The van der Waals surface area contributed by atoms with Gasteiger partial charge in [0.05, 0.1) is 6.10 Å². The highest BCUT2D eigenvalue weighted by Crippen LogP contribution is 2.16. The summed E-state index contributed by atoms with van der Waals surface area (Å²) < 4.78 is 5.46. The number of anilines is 1. The van der Waals surface area contributed by atoms with Gasteiger partial charge in [-0.05, 0) is 45.0 Å². The Kier molecular flexibility index (Phi) is 4.31. The third kappa shape index (κ3) is 3.90. The van der Waals surface area contributed by atoms with Gasteiger partial charge in [-0.2, -0.15) is 0 Å². The van der Waals surface area contributed by atoms with Crippen molar-refractivity contribution in [1.82, 2.24) is 0 Å². The Balaban J connectivity index is 2.61. The smallest absolute Gasteiger partial charge is 0.252 e. The molecule has 0 bridgehead atoms. The van der Waals surface area contributed by atoms with E-state index in [0.717, 1.165) is 5.75 Å². The van der Waals surface area contributed by atoms with Crippen LogP contribution in [0.3, 0.4) is 0 Å². The van der Waals surface area contributed by atoms with Gasteiger partial charge in [0.2, 0.25) is 0 Å². The lowest BCUT2D eigenvalue weighted by atomic mass is 10.3. The lowest BCUT2D eigenvalue weighted by Crippen LogP contribution is -2.24.